The van der Waals surface area contributed by atoms with E-state index >= 15 is 0 Å². The first-order valence-corrected chi connectivity index (χ1v) is 8.62. The molecule has 0 spiro atoms. The number of aliphatic imine (C=N–C) groups is 2. The number of hydrogen-bond donors (Lipinski definition) is 0. The molecule has 0 radical (unpaired) electrons. The van der Waals surface area contributed by atoms with Crippen LogP contribution < -0.4 is 0 Å². The quantitative estimate of drug-likeness (QED) is 0.850. The second-order valence-corrected chi connectivity index (χ2v) is 7.07. The van der Waals surface area contributed by atoms with Crippen LogP contribution in [0.2, 0.25) is 0 Å². The smallest absolute Gasteiger partial charge is 0.242 e. The average Bonchev–Trinajstić information content (AvgIpc) is 2.82. The molecular formula is C13H20N4O2S. The van der Waals surface area contributed by atoms with Gasteiger partial charge in [0.2, 0.25) is 15.0 Å². The Morgan fingerprint density at radius 1 is 1.40 bits per heavy atom. The Balaban J connectivity index is 2.46. The fourth-order valence-electron chi connectivity index (χ4n) is 2.05. The molecule has 0 atom stereocenters. The molecule has 2 heterocycles. The van der Waals surface area contributed by atoms with Crippen molar-refractivity contribution >= 4 is 20.7 Å². The Morgan fingerprint density at radius 3 is 2.65 bits per heavy atom. The highest BCUT2D eigenvalue weighted by Crippen LogP contribution is 2.17. The number of aromatic nitrogens is 2. The van der Waals surface area contributed by atoms with E-state index in [0.29, 0.717) is 13.0 Å². The maximum absolute atomic E-state index is 11.6. The number of hydrogen-bond acceptors (Lipinski definition) is 5. The lowest BCUT2D eigenvalue weighted by Gasteiger charge is -2.10. The Labute approximate surface area is 119 Å². The van der Waals surface area contributed by atoms with Crippen molar-refractivity contribution < 1.29 is 8.42 Å². The molecule has 0 saturated heterocycles. The van der Waals surface area contributed by atoms with Gasteiger partial charge in [-0.1, -0.05) is 6.92 Å². The summed E-state index contributed by atoms with van der Waals surface area (Å²) >= 11 is 0. The summed E-state index contributed by atoms with van der Waals surface area (Å²) < 4.78 is 25.0. The van der Waals surface area contributed by atoms with Gasteiger partial charge in [0.05, 0.1) is 11.4 Å². The van der Waals surface area contributed by atoms with E-state index in [9.17, 15) is 8.42 Å². The zero-order chi connectivity index (χ0) is 14.9. The van der Waals surface area contributed by atoms with E-state index in [1.807, 2.05) is 17.8 Å². The Hall–Kier alpha value is -1.50. The monoisotopic (exact) mass is 296 g/mol. The molecule has 0 aromatic carbocycles. The van der Waals surface area contributed by atoms with Gasteiger partial charge in [-0.25, -0.2) is 13.4 Å². The Bertz CT molecular complexity index is 669. The number of rotatable bonds is 3. The van der Waals surface area contributed by atoms with Gasteiger partial charge in [0.25, 0.3) is 0 Å². The lowest BCUT2D eigenvalue weighted by atomic mass is 10.1. The third-order valence-electron chi connectivity index (χ3n) is 3.14. The van der Waals surface area contributed by atoms with Crippen molar-refractivity contribution in [2.75, 3.05) is 12.8 Å². The normalized spacial score (nSPS) is 16.2. The number of nitrogens with zero attached hydrogens (tertiary/aromatic N) is 4. The molecule has 0 fully saturated rings. The molecule has 6 nitrogen and oxygen atoms in total. The van der Waals surface area contributed by atoms with Crippen molar-refractivity contribution in [3.63, 3.8) is 0 Å². The van der Waals surface area contributed by atoms with Crippen LogP contribution in [0.1, 0.15) is 44.5 Å². The summed E-state index contributed by atoms with van der Waals surface area (Å²) in [6.45, 7) is 6.60. The van der Waals surface area contributed by atoms with Gasteiger partial charge in [-0.3, -0.25) is 9.67 Å². The minimum absolute atomic E-state index is 0.0712. The van der Waals surface area contributed by atoms with Gasteiger partial charge >= 0.3 is 0 Å². The molecule has 0 aliphatic carbocycles. The molecule has 1 aromatic rings. The first kappa shape index (κ1) is 14.9. The van der Waals surface area contributed by atoms with Crippen molar-refractivity contribution in [1.82, 2.24) is 9.78 Å². The van der Waals surface area contributed by atoms with E-state index in [1.165, 1.54) is 0 Å². The minimum atomic E-state index is -3.36. The van der Waals surface area contributed by atoms with Crippen LogP contribution in [0.4, 0.5) is 0 Å². The molecule has 0 amide bonds. The summed E-state index contributed by atoms with van der Waals surface area (Å²) in [5.41, 5.74) is 2.66. The molecule has 1 aliphatic heterocycles. The standard InChI is InChI=1S/C13H20N4O2S/c1-5-11-10(8-17(16-11)9(2)3)12-6-7-14-13(15-12)20(4,18)19/h8-9H,5-7H2,1-4H3. The molecule has 0 N–H and O–H groups in total. The van der Waals surface area contributed by atoms with Crippen molar-refractivity contribution in [2.24, 2.45) is 9.98 Å². The Kier molecular flexibility index (Phi) is 4.08. The molecular weight excluding hydrogens is 276 g/mol. The zero-order valence-electron chi connectivity index (χ0n) is 12.3. The van der Waals surface area contributed by atoms with Crippen molar-refractivity contribution in [2.45, 2.75) is 39.7 Å². The second kappa shape index (κ2) is 5.47. The lowest BCUT2D eigenvalue weighted by molar-refractivity contribution is 0.527. The predicted octanol–water partition coefficient (Wildman–Crippen LogP) is 1.62. The predicted molar refractivity (Wildman–Crippen MR) is 80.3 cm³/mol. The highest BCUT2D eigenvalue weighted by Gasteiger charge is 2.21. The highest BCUT2D eigenvalue weighted by atomic mass is 32.2. The first-order chi connectivity index (χ1) is 9.32. The third-order valence-corrected chi connectivity index (χ3v) is 4.02. The van der Waals surface area contributed by atoms with Crippen LogP contribution >= 0.6 is 0 Å². The molecule has 0 saturated carbocycles. The molecule has 0 unspecified atom stereocenters. The van der Waals surface area contributed by atoms with E-state index in [2.05, 4.69) is 28.9 Å². The van der Waals surface area contributed by atoms with Crippen molar-refractivity contribution in [3.8, 4) is 0 Å². The largest absolute Gasteiger partial charge is 0.269 e. The van der Waals surface area contributed by atoms with Crippen LogP contribution in [0, 0.1) is 0 Å². The van der Waals surface area contributed by atoms with Gasteiger partial charge in [0, 0.05) is 37.0 Å². The van der Waals surface area contributed by atoms with Crippen LogP contribution in [0.15, 0.2) is 16.2 Å². The lowest BCUT2D eigenvalue weighted by Crippen LogP contribution is -2.20. The molecule has 7 heteroatoms. The molecule has 110 valence electrons. The molecule has 2 rings (SSSR count). The maximum Gasteiger partial charge on any atom is 0.242 e. The Morgan fingerprint density at radius 2 is 2.10 bits per heavy atom. The number of sulfone groups is 1. The van der Waals surface area contributed by atoms with Crippen LogP contribution in [0.3, 0.4) is 0 Å². The van der Waals surface area contributed by atoms with E-state index < -0.39 is 9.84 Å². The number of amidine groups is 1. The fourth-order valence-corrected chi connectivity index (χ4v) is 2.66. The van der Waals surface area contributed by atoms with Crippen LogP contribution in [0.5, 0.6) is 0 Å². The van der Waals surface area contributed by atoms with E-state index in [0.717, 1.165) is 29.6 Å². The summed E-state index contributed by atoms with van der Waals surface area (Å²) in [6, 6.07) is 0.265. The second-order valence-electron chi connectivity index (χ2n) is 5.16. The van der Waals surface area contributed by atoms with Gasteiger partial charge < -0.3 is 0 Å². The zero-order valence-corrected chi connectivity index (χ0v) is 13.1. The van der Waals surface area contributed by atoms with Crippen molar-refractivity contribution in [3.05, 3.63) is 17.5 Å². The van der Waals surface area contributed by atoms with Crippen molar-refractivity contribution in [1.29, 1.82) is 0 Å². The summed E-state index contributed by atoms with van der Waals surface area (Å²) in [6.07, 6.45) is 4.53. The molecule has 1 aromatic heterocycles. The number of aryl methyl sites for hydroxylation is 1. The molecule has 0 bridgehead atoms. The third kappa shape index (κ3) is 2.98. The maximum atomic E-state index is 11.6. The minimum Gasteiger partial charge on any atom is -0.269 e. The molecule has 20 heavy (non-hydrogen) atoms. The van der Waals surface area contributed by atoms with Crippen LogP contribution in [-0.2, 0) is 16.3 Å². The highest BCUT2D eigenvalue weighted by molar-refractivity contribution is 8.05. The average molecular weight is 296 g/mol. The van der Waals surface area contributed by atoms with Gasteiger partial charge in [0.15, 0.2) is 0 Å². The van der Waals surface area contributed by atoms with Crippen LogP contribution in [-0.4, -0.2) is 41.9 Å². The van der Waals surface area contributed by atoms with Gasteiger partial charge in [0.1, 0.15) is 0 Å². The van der Waals surface area contributed by atoms with Gasteiger partial charge in [-0.15, -0.1) is 0 Å². The van der Waals surface area contributed by atoms with E-state index in [-0.39, 0.29) is 11.2 Å². The van der Waals surface area contributed by atoms with E-state index in [4.69, 9.17) is 0 Å². The first-order valence-electron chi connectivity index (χ1n) is 6.73. The summed E-state index contributed by atoms with van der Waals surface area (Å²) in [4.78, 5) is 8.22. The topological polar surface area (TPSA) is 76.7 Å². The van der Waals surface area contributed by atoms with Gasteiger partial charge in [-0.05, 0) is 20.3 Å². The van der Waals surface area contributed by atoms with Gasteiger partial charge in [-0.2, -0.15) is 5.10 Å². The SMILES string of the molecule is CCc1nn(C(C)C)cc1C1=NC(S(C)(=O)=O)=NCC1. The summed E-state index contributed by atoms with van der Waals surface area (Å²) in [5, 5.41) is 4.47. The fraction of sp³-hybridized carbons (Fsp3) is 0.615. The van der Waals surface area contributed by atoms with E-state index in [1.54, 1.807) is 0 Å². The summed E-state index contributed by atoms with van der Waals surface area (Å²) in [5.74, 6) is 0. The molecule has 1 aliphatic rings. The summed E-state index contributed by atoms with van der Waals surface area (Å²) in [7, 11) is -3.36. The van der Waals surface area contributed by atoms with Crippen LogP contribution in [0.25, 0.3) is 0 Å².